The Balaban J connectivity index is 1.87. The van der Waals surface area contributed by atoms with Gasteiger partial charge in [-0.25, -0.2) is 8.78 Å². The van der Waals surface area contributed by atoms with E-state index in [0.29, 0.717) is 11.8 Å². The van der Waals surface area contributed by atoms with Gasteiger partial charge in [-0.05, 0) is 37.1 Å². The molecular weight excluding hydrogens is 332 g/mol. The van der Waals surface area contributed by atoms with Gasteiger partial charge >= 0.3 is 0 Å². The largest absolute Gasteiger partial charge is 0.366 e. The normalized spacial score (nSPS) is 13.8. The van der Waals surface area contributed by atoms with Gasteiger partial charge in [0.05, 0.1) is 10.6 Å². The number of hydrogen-bond donors (Lipinski definition) is 1. The fourth-order valence-corrected chi connectivity index (χ4v) is 2.82. The summed E-state index contributed by atoms with van der Waals surface area (Å²) >= 11 is 0. The lowest BCUT2D eigenvalue weighted by molar-refractivity contribution is -0.384. The van der Waals surface area contributed by atoms with Crippen LogP contribution in [-0.2, 0) is 0 Å². The van der Waals surface area contributed by atoms with E-state index in [1.165, 1.54) is 18.2 Å². The van der Waals surface area contributed by atoms with Gasteiger partial charge < -0.3 is 10.2 Å². The summed E-state index contributed by atoms with van der Waals surface area (Å²) in [5, 5.41) is 13.6. The van der Waals surface area contributed by atoms with Crippen molar-refractivity contribution in [2.45, 2.75) is 12.8 Å². The molecule has 1 aliphatic rings. The van der Waals surface area contributed by atoms with Crippen LogP contribution < -0.4 is 10.2 Å². The van der Waals surface area contributed by atoms with Crippen LogP contribution in [0.15, 0.2) is 36.4 Å². The monoisotopic (exact) mass is 347 g/mol. The molecule has 0 bridgehead atoms. The van der Waals surface area contributed by atoms with Crippen LogP contribution in [0.3, 0.4) is 0 Å². The Kier molecular flexibility index (Phi) is 4.60. The molecule has 1 saturated heterocycles. The Morgan fingerprint density at radius 1 is 1.12 bits per heavy atom. The van der Waals surface area contributed by atoms with E-state index < -0.39 is 22.5 Å². The summed E-state index contributed by atoms with van der Waals surface area (Å²) < 4.78 is 26.5. The average Bonchev–Trinajstić information content (AvgIpc) is 3.11. The van der Waals surface area contributed by atoms with E-state index in [2.05, 4.69) is 5.32 Å². The predicted octanol–water partition coefficient (Wildman–Crippen LogP) is 3.73. The van der Waals surface area contributed by atoms with E-state index in [9.17, 15) is 23.7 Å². The quantitative estimate of drug-likeness (QED) is 0.675. The number of benzene rings is 2. The van der Waals surface area contributed by atoms with Crippen LogP contribution in [0.2, 0.25) is 0 Å². The molecule has 0 aliphatic carbocycles. The van der Waals surface area contributed by atoms with Gasteiger partial charge in [-0.15, -0.1) is 0 Å². The van der Waals surface area contributed by atoms with Crippen molar-refractivity contribution in [2.75, 3.05) is 23.3 Å². The Morgan fingerprint density at radius 2 is 1.84 bits per heavy atom. The fraction of sp³-hybridized carbons (Fsp3) is 0.235. The molecule has 8 heteroatoms. The van der Waals surface area contributed by atoms with Crippen LogP contribution in [0.5, 0.6) is 0 Å². The lowest BCUT2D eigenvalue weighted by Crippen LogP contribution is -2.20. The third-order valence-corrected chi connectivity index (χ3v) is 4.06. The first-order chi connectivity index (χ1) is 12.0. The molecule has 1 aliphatic heterocycles. The number of nitro benzene ring substituents is 1. The van der Waals surface area contributed by atoms with Crippen LogP contribution in [0, 0.1) is 21.7 Å². The molecule has 25 heavy (non-hydrogen) atoms. The van der Waals surface area contributed by atoms with Crippen molar-refractivity contribution >= 4 is 23.0 Å². The zero-order chi connectivity index (χ0) is 18.0. The second-order valence-corrected chi connectivity index (χ2v) is 5.73. The van der Waals surface area contributed by atoms with E-state index in [-0.39, 0.29) is 16.9 Å². The topological polar surface area (TPSA) is 75.5 Å². The number of halogens is 2. The second kappa shape index (κ2) is 6.84. The molecule has 1 fully saturated rings. The van der Waals surface area contributed by atoms with Gasteiger partial charge in [0.15, 0.2) is 0 Å². The standard InChI is InChI=1S/C17H15F2N3O3/c18-12-4-5-14(13(19)10-12)20-17(23)11-3-6-15(16(9-11)22(24)25)21-7-1-2-8-21/h3-6,9-10H,1-2,7-8H2,(H,20,23). The summed E-state index contributed by atoms with van der Waals surface area (Å²) in [4.78, 5) is 25.0. The summed E-state index contributed by atoms with van der Waals surface area (Å²) in [6.45, 7) is 1.46. The first-order valence-corrected chi connectivity index (χ1v) is 7.75. The maximum absolute atomic E-state index is 13.6. The molecule has 0 spiro atoms. The zero-order valence-corrected chi connectivity index (χ0v) is 13.2. The van der Waals surface area contributed by atoms with E-state index >= 15 is 0 Å². The first kappa shape index (κ1) is 16.8. The molecule has 0 aromatic heterocycles. The van der Waals surface area contributed by atoms with Gasteiger partial charge in [0, 0.05) is 30.8 Å². The molecule has 2 aromatic rings. The van der Waals surface area contributed by atoms with Gasteiger partial charge in [-0.3, -0.25) is 14.9 Å². The average molecular weight is 347 g/mol. The molecule has 1 heterocycles. The second-order valence-electron chi connectivity index (χ2n) is 5.73. The molecule has 2 aromatic carbocycles. The highest BCUT2D eigenvalue weighted by molar-refractivity contribution is 6.05. The number of amides is 1. The molecule has 1 N–H and O–H groups in total. The van der Waals surface area contributed by atoms with Crippen LogP contribution in [0.4, 0.5) is 25.8 Å². The number of carbonyl (C=O) groups excluding carboxylic acids is 1. The molecule has 0 radical (unpaired) electrons. The highest BCUT2D eigenvalue weighted by Gasteiger charge is 2.24. The number of rotatable bonds is 4. The van der Waals surface area contributed by atoms with Crippen molar-refractivity contribution in [1.82, 2.24) is 0 Å². The Bertz CT molecular complexity index is 836. The van der Waals surface area contributed by atoms with E-state index in [0.717, 1.165) is 38.1 Å². The summed E-state index contributed by atoms with van der Waals surface area (Å²) in [7, 11) is 0. The Morgan fingerprint density at radius 3 is 2.48 bits per heavy atom. The molecule has 130 valence electrons. The van der Waals surface area contributed by atoms with Crippen LogP contribution in [0.25, 0.3) is 0 Å². The minimum Gasteiger partial charge on any atom is -0.366 e. The first-order valence-electron chi connectivity index (χ1n) is 7.75. The lowest BCUT2D eigenvalue weighted by Gasteiger charge is -2.17. The fourth-order valence-electron chi connectivity index (χ4n) is 2.82. The minimum atomic E-state index is -0.920. The number of hydrogen-bond acceptors (Lipinski definition) is 4. The Labute approximate surface area is 142 Å². The minimum absolute atomic E-state index is 0.0263. The van der Waals surface area contributed by atoms with Crippen molar-refractivity contribution in [3.05, 3.63) is 63.7 Å². The van der Waals surface area contributed by atoms with Gasteiger partial charge in [0.2, 0.25) is 0 Å². The van der Waals surface area contributed by atoms with Gasteiger partial charge in [-0.2, -0.15) is 0 Å². The Hall–Kier alpha value is -3.03. The smallest absolute Gasteiger partial charge is 0.293 e. The van der Waals surface area contributed by atoms with Crippen LogP contribution in [0.1, 0.15) is 23.2 Å². The molecule has 0 saturated carbocycles. The highest BCUT2D eigenvalue weighted by atomic mass is 19.1. The molecule has 1 amide bonds. The molecular formula is C17H15F2N3O3. The van der Waals surface area contributed by atoms with E-state index in [4.69, 9.17) is 0 Å². The SMILES string of the molecule is O=C(Nc1ccc(F)cc1F)c1ccc(N2CCCC2)c([N+](=O)[O-])c1. The van der Waals surface area contributed by atoms with Gasteiger partial charge in [0.25, 0.3) is 11.6 Å². The number of nitro groups is 1. The van der Waals surface area contributed by atoms with E-state index in [1.807, 2.05) is 4.90 Å². The van der Waals surface area contributed by atoms with Crippen molar-refractivity contribution in [3.8, 4) is 0 Å². The lowest BCUT2D eigenvalue weighted by atomic mass is 10.1. The van der Waals surface area contributed by atoms with Crippen LogP contribution >= 0.6 is 0 Å². The molecule has 0 unspecified atom stereocenters. The number of nitrogens with one attached hydrogen (secondary N) is 1. The van der Waals surface area contributed by atoms with Crippen molar-refractivity contribution in [3.63, 3.8) is 0 Å². The summed E-state index contributed by atoms with van der Waals surface area (Å²) in [5.41, 5.74) is 0.122. The maximum atomic E-state index is 13.6. The van der Waals surface area contributed by atoms with Gasteiger partial charge in [0.1, 0.15) is 17.3 Å². The number of carbonyl (C=O) groups is 1. The summed E-state index contributed by atoms with van der Waals surface area (Å²) in [6.07, 6.45) is 1.92. The summed E-state index contributed by atoms with van der Waals surface area (Å²) in [6, 6.07) is 6.91. The highest BCUT2D eigenvalue weighted by Crippen LogP contribution is 2.32. The van der Waals surface area contributed by atoms with Gasteiger partial charge in [-0.1, -0.05) is 0 Å². The third-order valence-electron chi connectivity index (χ3n) is 4.06. The number of anilines is 2. The molecule has 3 rings (SSSR count). The summed E-state index contributed by atoms with van der Waals surface area (Å²) in [5.74, 6) is -2.39. The van der Waals surface area contributed by atoms with E-state index in [1.54, 1.807) is 0 Å². The van der Waals surface area contributed by atoms with Crippen molar-refractivity contribution in [2.24, 2.45) is 0 Å². The molecule has 0 atom stereocenters. The maximum Gasteiger partial charge on any atom is 0.293 e. The van der Waals surface area contributed by atoms with Crippen molar-refractivity contribution in [1.29, 1.82) is 0 Å². The zero-order valence-electron chi connectivity index (χ0n) is 13.2. The predicted molar refractivity (Wildman–Crippen MR) is 88.9 cm³/mol. The van der Waals surface area contributed by atoms with Crippen LogP contribution in [-0.4, -0.2) is 23.9 Å². The molecule has 6 nitrogen and oxygen atoms in total. The number of nitrogens with zero attached hydrogens (tertiary/aromatic N) is 2. The van der Waals surface area contributed by atoms with Crippen molar-refractivity contribution < 1.29 is 18.5 Å². The third kappa shape index (κ3) is 3.57.